The van der Waals surface area contributed by atoms with Crippen LogP contribution in [0.5, 0.6) is 0 Å². The van der Waals surface area contributed by atoms with Crippen molar-refractivity contribution in [1.82, 2.24) is 4.90 Å². The lowest BCUT2D eigenvalue weighted by molar-refractivity contribution is -0.132. The fraction of sp³-hybridized carbons (Fsp3) is 0.216. The molecule has 2 nitrogen and oxygen atoms in total. The van der Waals surface area contributed by atoms with Crippen molar-refractivity contribution in [3.05, 3.63) is 137 Å². The normalized spacial score (nSPS) is 13.1. The van der Waals surface area contributed by atoms with E-state index in [9.17, 15) is 4.79 Å². The SMILES string of the molecule is CC(=O)N(Cc1ccc2ccccc2c1)C(C)C(CCCC=Cc1ccc2ccccc2c1)c1ccc(Cl)cc1. The highest BCUT2D eigenvalue weighted by atomic mass is 35.5. The summed E-state index contributed by atoms with van der Waals surface area (Å²) in [5, 5.41) is 5.66. The molecule has 5 aromatic rings. The molecule has 0 aliphatic carbocycles. The predicted octanol–water partition coefficient (Wildman–Crippen LogP) is 10.1. The molecule has 0 fully saturated rings. The van der Waals surface area contributed by atoms with Crippen molar-refractivity contribution in [3.63, 3.8) is 0 Å². The number of hydrogen-bond acceptors (Lipinski definition) is 1. The molecule has 3 heteroatoms. The molecule has 40 heavy (non-hydrogen) atoms. The number of benzene rings is 5. The van der Waals surface area contributed by atoms with Crippen LogP contribution in [-0.2, 0) is 11.3 Å². The predicted molar refractivity (Wildman–Crippen MR) is 171 cm³/mol. The molecule has 0 aromatic heterocycles. The second kappa shape index (κ2) is 13.0. The summed E-state index contributed by atoms with van der Waals surface area (Å²) in [6.45, 7) is 4.46. The van der Waals surface area contributed by atoms with Gasteiger partial charge in [-0.15, -0.1) is 0 Å². The van der Waals surface area contributed by atoms with Crippen LogP contribution < -0.4 is 0 Å². The topological polar surface area (TPSA) is 20.3 Å². The van der Waals surface area contributed by atoms with Gasteiger partial charge in [0.25, 0.3) is 0 Å². The molecule has 0 radical (unpaired) electrons. The molecule has 5 aromatic carbocycles. The number of nitrogens with zero attached hydrogens (tertiary/aromatic N) is 1. The van der Waals surface area contributed by atoms with Gasteiger partial charge in [0.15, 0.2) is 0 Å². The Morgan fingerprint density at radius 1 is 0.800 bits per heavy atom. The maximum atomic E-state index is 13.0. The third-order valence-electron chi connectivity index (χ3n) is 7.91. The smallest absolute Gasteiger partial charge is 0.220 e. The Morgan fingerprint density at radius 2 is 1.43 bits per heavy atom. The first-order valence-corrected chi connectivity index (χ1v) is 14.5. The molecule has 0 aliphatic rings. The average molecular weight is 546 g/mol. The van der Waals surface area contributed by atoms with Gasteiger partial charge in [-0.1, -0.05) is 109 Å². The fourth-order valence-corrected chi connectivity index (χ4v) is 5.80. The number of halogens is 1. The summed E-state index contributed by atoms with van der Waals surface area (Å²) in [7, 11) is 0. The van der Waals surface area contributed by atoms with Crippen LogP contribution in [0.4, 0.5) is 0 Å². The van der Waals surface area contributed by atoms with Crippen LogP contribution in [0.25, 0.3) is 27.6 Å². The van der Waals surface area contributed by atoms with Gasteiger partial charge in [0.05, 0.1) is 0 Å². The molecular formula is C37H36ClNO. The van der Waals surface area contributed by atoms with Crippen molar-refractivity contribution in [1.29, 1.82) is 0 Å². The van der Waals surface area contributed by atoms with Crippen molar-refractivity contribution in [2.75, 3.05) is 0 Å². The van der Waals surface area contributed by atoms with E-state index < -0.39 is 0 Å². The van der Waals surface area contributed by atoms with E-state index in [1.54, 1.807) is 6.92 Å². The summed E-state index contributed by atoms with van der Waals surface area (Å²) in [5.74, 6) is 0.298. The minimum Gasteiger partial charge on any atom is -0.335 e. The number of carbonyl (C=O) groups excluding carboxylic acids is 1. The van der Waals surface area contributed by atoms with Crippen molar-refractivity contribution in [2.24, 2.45) is 0 Å². The summed E-state index contributed by atoms with van der Waals surface area (Å²) >= 11 is 6.23. The zero-order valence-corrected chi connectivity index (χ0v) is 24.0. The minimum atomic E-state index is 0.0367. The molecule has 0 saturated heterocycles. The molecule has 0 saturated carbocycles. The van der Waals surface area contributed by atoms with Crippen LogP contribution in [0.2, 0.25) is 5.02 Å². The third kappa shape index (κ3) is 6.81. The molecule has 2 unspecified atom stereocenters. The number of hydrogen-bond donors (Lipinski definition) is 0. The molecule has 0 spiro atoms. The van der Waals surface area contributed by atoms with Gasteiger partial charge in [0, 0.05) is 30.5 Å². The quantitative estimate of drug-likeness (QED) is 0.160. The lowest BCUT2D eigenvalue weighted by Gasteiger charge is -2.35. The van der Waals surface area contributed by atoms with Gasteiger partial charge in [-0.3, -0.25) is 4.79 Å². The molecule has 0 heterocycles. The fourth-order valence-electron chi connectivity index (χ4n) is 5.68. The van der Waals surface area contributed by atoms with E-state index in [0.29, 0.717) is 6.54 Å². The molecule has 1 amide bonds. The zero-order chi connectivity index (χ0) is 27.9. The first-order chi connectivity index (χ1) is 19.5. The third-order valence-corrected chi connectivity index (χ3v) is 8.17. The highest BCUT2D eigenvalue weighted by Crippen LogP contribution is 2.31. The maximum Gasteiger partial charge on any atom is 0.220 e. The Labute approximate surface area is 242 Å². The van der Waals surface area contributed by atoms with Crippen LogP contribution in [0.3, 0.4) is 0 Å². The summed E-state index contributed by atoms with van der Waals surface area (Å²) in [6, 6.07) is 38.1. The molecule has 0 aliphatic heterocycles. The largest absolute Gasteiger partial charge is 0.335 e. The maximum absolute atomic E-state index is 13.0. The number of amides is 1. The number of carbonyl (C=O) groups is 1. The second-order valence-electron chi connectivity index (χ2n) is 10.7. The minimum absolute atomic E-state index is 0.0367. The highest BCUT2D eigenvalue weighted by molar-refractivity contribution is 6.30. The number of unbranched alkanes of at least 4 members (excludes halogenated alkanes) is 1. The first kappa shape index (κ1) is 27.7. The number of rotatable bonds is 10. The van der Waals surface area contributed by atoms with E-state index in [1.807, 2.05) is 17.0 Å². The van der Waals surface area contributed by atoms with Gasteiger partial charge < -0.3 is 4.90 Å². The van der Waals surface area contributed by atoms with Crippen molar-refractivity contribution in [3.8, 4) is 0 Å². The van der Waals surface area contributed by atoms with Crippen LogP contribution in [0, 0.1) is 0 Å². The Kier molecular flexibility index (Phi) is 8.98. The molecule has 202 valence electrons. The van der Waals surface area contributed by atoms with Gasteiger partial charge in [0.1, 0.15) is 0 Å². The molecular weight excluding hydrogens is 510 g/mol. The number of allylic oxidation sites excluding steroid dienone is 1. The molecule has 0 N–H and O–H groups in total. The molecule has 0 bridgehead atoms. The Hall–Kier alpha value is -3.88. The van der Waals surface area contributed by atoms with E-state index >= 15 is 0 Å². The van der Waals surface area contributed by atoms with E-state index in [1.165, 1.54) is 32.7 Å². The van der Waals surface area contributed by atoms with Crippen molar-refractivity contribution >= 4 is 45.1 Å². The van der Waals surface area contributed by atoms with E-state index in [2.05, 4.69) is 116 Å². The average Bonchev–Trinajstić information content (AvgIpc) is 2.97. The van der Waals surface area contributed by atoms with Crippen LogP contribution in [0.1, 0.15) is 55.7 Å². The van der Waals surface area contributed by atoms with Crippen LogP contribution in [-0.4, -0.2) is 16.8 Å². The lowest BCUT2D eigenvalue weighted by atomic mass is 9.86. The van der Waals surface area contributed by atoms with E-state index in [0.717, 1.165) is 29.8 Å². The van der Waals surface area contributed by atoms with Crippen molar-refractivity contribution < 1.29 is 4.79 Å². The Bertz CT molecular complexity index is 1620. The van der Waals surface area contributed by atoms with Gasteiger partial charge >= 0.3 is 0 Å². The molecule has 5 rings (SSSR count). The monoisotopic (exact) mass is 545 g/mol. The first-order valence-electron chi connectivity index (χ1n) is 14.1. The second-order valence-corrected chi connectivity index (χ2v) is 11.1. The van der Waals surface area contributed by atoms with Crippen LogP contribution in [0.15, 0.2) is 115 Å². The number of fused-ring (bicyclic) bond motifs is 2. The van der Waals surface area contributed by atoms with Crippen molar-refractivity contribution in [2.45, 2.75) is 51.6 Å². The highest BCUT2D eigenvalue weighted by Gasteiger charge is 2.27. The zero-order valence-electron chi connectivity index (χ0n) is 23.3. The molecule has 2 atom stereocenters. The summed E-state index contributed by atoms with van der Waals surface area (Å²) in [5.41, 5.74) is 3.59. The van der Waals surface area contributed by atoms with Gasteiger partial charge in [0.2, 0.25) is 5.91 Å². The van der Waals surface area contributed by atoms with E-state index in [-0.39, 0.29) is 17.9 Å². The standard InChI is InChI=1S/C37H36ClNO/c1-27(39(28(2)40)26-30-17-19-32-12-7-9-14-35(32)25-30)37(33-20-22-36(38)23-21-33)15-5-3-4-10-29-16-18-31-11-6-8-13-34(31)24-29/h4,6-14,16-25,27,37H,3,5,15,26H2,1-2H3. The summed E-state index contributed by atoms with van der Waals surface area (Å²) in [4.78, 5) is 15.0. The Morgan fingerprint density at radius 3 is 2.10 bits per heavy atom. The summed E-state index contributed by atoms with van der Waals surface area (Å²) < 4.78 is 0. The van der Waals surface area contributed by atoms with Gasteiger partial charge in [-0.25, -0.2) is 0 Å². The lowest BCUT2D eigenvalue weighted by Crippen LogP contribution is -2.40. The van der Waals surface area contributed by atoms with Gasteiger partial charge in [-0.2, -0.15) is 0 Å². The summed E-state index contributed by atoms with van der Waals surface area (Å²) in [6.07, 6.45) is 7.48. The van der Waals surface area contributed by atoms with Crippen LogP contribution >= 0.6 is 11.6 Å². The van der Waals surface area contributed by atoms with E-state index in [4.69, 9.17) is 11.6 Å². The Balaban J connectivity index is 1.30. The van der Waals surface area contributed by atoms with Gasteiger partial charge in [-0.05, 0) is 88.7 Å².